The molecule has 0 bridgehead atoms. The van der Waals surface area contributed by atoms with Crippen molar-refractivity contribution in [2.75, 3.05) is 27.4 Å². The normalized spacial score (nSPS) is 16.3. The lowest BCUT2D eigenvalue weighted by atomic mass is 10.0. The van der Waals surface area contributed by atoms with E-state index in [1.54, 1.807) is 32.4 Å². The van der Waals surface area contributed by atoms with Gasteiger partial charge in [0.2, 0.25) is 0 Å². The molecule has 0 spiro atoms. The average Bonchev–Trinajstić information content (AvgIpc) is 3.18. The second-order valence-corrected chi connectivity index (χ2v) is 6.98. The van der Waals surface area contributed by atoms with Crippen LogP contribution in [0.1, 0.15) is 24.4 Å². The van der Waals surface area contributed by atoms with Crippen LogP contribution in [0.2, 0.25) is 10.0 Å². The Labute approximate surface area is 168 Å². The van der Waals surface area contributed by atoms with Crippen molar-refractivity contribution >= 4 is 29.1 Å². The first kappa shape index (κ1) is 19.6. The third-order valence-corrected chi connectivity index (χ3v) is 5.44. The van der Waals surface area contributed by atoms with E-state index in [0.29, 0.717) is 22.3 Å². The van der Waals surface area contributed by atoms with Gasteiger partial charge in [-0.05, 0) is 43.2 Å². The largest absolute Gasteiger partial charge is 0.497 e. The van der Waals surface area contributed by atoms with Crippen molar-refractivity contribution in [1.29, 1.82) is 0 Å². The predicted octanol–water partition coefficient (Wildman–Crippen LogP) is 4.75. The molecule has 2 aromatic carbocycles. The van der Waals surface area contributed by atoms with Crippen molar-refractivity contribution < 1.29 is 19.0 Å². The molecule has 0 radical (unpaired) electrons. The van der Waals surface area contributed by atoms with E-state index in [1.807, 2.05) is 23.1 Å². The van der Waals surface area contributed by atoms with Gasteiger partial charge < -0.3 is 19.1 Å². The van der Waals surface area contributed by atoms with Crippen molar-refractivity contribution in [3.05, 3.63) is 52.0 Å². The molecule has 3 rings (SSSR count). The minimum Gasteiger partial charge on any atom is -0.497 e. The number of hydrogen-bond acceptors (Lipinski definition) is 4. The summed E-state index contributed by atoms with van der Waals surface area (Å²) in [5.41, 5.74) is 0.934. The van der Waals surface area contributed by atoms with Crippen LogP contribution in [-0.4, -0.2) is 38.2 Å². The van der Waals surface area contributed by atoms with Crippen molar-refractivity contribution in [3.63, 3.8) is 0 Å². The zero-order valence-corrected chi connectivity index (χ0v) is 16.7. The summed E-state index contributed by atoms with van der Waals surface area (Å²) in [5.74, 6) is 1.75. The van der Waals surface area contributed by atoms with Gasteiger partial charge >= 0.3 is 0 Å². The van der Waals surface area contributed by atoms with Crippen LogP contribution in [0.5, 0.6) is 17.2 Å². The van der Waals surface area contributed by atoms with Crippen LogP contribution in [0.25, 0.3) is 0 Å². The Hall–Kier alpha value is -2.11. The Kier molecular flexibility index (Phi) is 6.34. The molecule has 1 amide bonds. The van der Waals surface area contributed by atoms with E-state index in [4.69, 9.17) is 37.4 Å². The van der Waals surface area contributed by atoms with Crippen LogP contribution in [-0.2, 0) is 4.79 Å². The molecule has 0 N–H and O–H groups in total. The molecule has 27 heavy (non-hydrogen) atoms. The molecule has 1 aliphatic heterocycles. The quantitative estimate of drug-likeness (QED) is 0.690. The molecule has 7 heteroatoms. The van der Waals surface area contributed by atoms with Gasteiger partial charge in [0, 0.05) is 12.1 Å². The first-order valence-electron chi connectivity index (χ1n) is 8.63. The topological polar surface area (TPSA) is 48.0 Å². The number of halogens is 2. The number of likely N-dealkylation sites (tertiary alicyclic amines) is 1. The Morgan fingerprint density at radius 1 is 1.15 bits per heavy atom. The maximum Gasteiger partial charge on any atom is 0.261 e. The van der Waals surface area contributed by atoms with Crippen LogP contribution >= 0.6 is 23.2 Å². The lowest BCUT2D eigenvalue weighted by Crippen LogP contribution is -2.34. The van der Waals surface area contributed by atoms with E-state index in [0.717, 1.165) is 29.9 Å². The number of benzene rings is 2. The molecular formula is C20H21Cl2NO4. The van der Waals surface area contributed by atoms with E-state index in [2.05, 4.69) is 0 Å². The van der Waals surface area contributed by atoms with E-state index in [9.17, 15) is 4.79 Å². The van der Waals surface area contributed by atoms with Crippen LogP contribution in [0.3, 0.4) is 0 Å². The highest BCUT2D eigenvalue weighted by Gasteiger charge is 2.32. The highest BCUT2D eigenvalue weighted by Crippen LogP contribution is 2.39. The maximum absolute atomic E-state index is 12.8. The number of amides is 1. The van der Waals surface area contributed by atoms with Crippen LogP contribution < -0.4 is 14.2 Å². The fourth-order valence-electron chi connectivity index (χ4n) is 3.31. The molecule has 1 fully saturated rings. The standard InChI is InChI=1S/C20H21Cl2NO4/c1-25-13-8-9-17(26-2)14(11-13)16-6-4-10-23(16)19(24)12-27-18-7-3-5-15(21)20(18)22/h3,5,7-9,11,16H,4,6,10,12H2,1-2H3. The van der Waals surface area contributed by atoms with Gasteiger partial charge in [-0.15, -0.1) is 0 Å². The second-order valence-electron chi connectivity index (χ2n) is 6.19. The number of ether oxygens (including phenoxy) is 3. The summed E-state index contributed by atoms with van der Waals surface area (Å²) in [4.78, 5) is 14.6. The van der Waals surface area contributed by atoms with Gasteiger partial charge in [-0.2, -0.15) is 0 Å². The third-order valence-electron chi connectivity index (χ3n) is 4.64. The maximum atomic E-state index is 12.8. The highest BCUT2D eigenvalue weighted by molar-refractivity contribution is 6.42. The number of nitrogens with zero attached hydrogens (tertiary/aromatic N) is 1. The lowest BCUT2D eigenvalue weighted by Gasteiger charge is -2.26. The van der Waals surface area contributed by atoms with Gasteiger partial charge in [0.15, 0.2) is 6.61 Å². The molecule has 1 saturated heterocycles. The summed E-state index contributed by atoms with van der Waals surface area (Å²) in [6.45, 7) is 0.555. The molecule has 1 heterocycles. The van der Waals surface area contributed by atoms with Gasteiger partial charge in [-0.1, -0.05) is 29.3 Å². The van der Waals surface area contributed by atoms with Crippen LogP contribution in [0.4, 0.5) is 0 Å². The van der Waals surface area contributed by atoms with E-state index < -0.39 is 0 Å². The van der Waals surface area contributed by atoms with E-state index >= 15 is 0 Å². The number of methoxy groups -OCH3 is 2. The zero-order chi connectivity index (χ0) is 19.4. The smallest absolute Gasteiger partial charge is 0.261 e. The second kappa shape index (κ2) is 8.72. The molecule has 2 aromatic rings. The summed E-state index contributed by atoms with van der Waals surface area (Å²) in [5, 5.41) is 0.696. The first-order valence-corrected chi connectivity index (χ1v) is 9.39. The Bertz CT molecular complexity index is 828. The number of carbonyl (C=O) groups excluding carboxylic acids is 1. The van der Waals surface area contributed by atoms with Crippen molar-refractivity contribution in [1.82, 2.24) is 4.90 Å². The third kappa shape index (κ3) is 4.25. The molecule has 0 aliphatic carbocycles. The fourth-order valence-corrected chi connectivity index (χ4v) is 3.65. The molecule has 144 valence electrons. The molecular weight excluding hydrogens is 389 g/mol. The predicted molar refractivity (Wildman–Crippen MR) is 105 cm³/mol. The lowest BCUT2D eigenvalue weighted by molar-refractivity contribution is -0.134. The summed E-state index contributed by atoms with van der Waals surface area (Å²) < 4.78 is 16.4. The highest BCUT2D eigenvalue weighted by atomic mass is 35.5. The summed E-state index contributed by atoms with van der Waals surface area (Å²) >= 11 is 12.1. The first-order chi connectivity index (χ1) is 13.0. The molecule has 5 nitrogen and oxygen atoms in total. The molecule has 1 unspecified atom stereocenters. The zero-order valence-electron chi connectivity index (χ0n) is 15.2. The molecule has 0 aromatic heterocycles. The molecule has 1 aliphatic rings. The molecule has 1 atom stereocenters. The van der Waals surface area contributed by atoms with Gasteiger partial charge in [0.25, 0.3) is 5.91 Å². The van der Waals surface area contributed by atoms with Crippen molar-refractivity contribution in [2.45, 2.75) is 18.9 Å². The Balaban J connectivity index is 1.76. The minimum atomic E-state index is -0.113. The number of hydrogen-bond donors (Lipinski definition) is 0. The van der Waals surface area contributed by atoms with Crippen molar-refractivity contribution in [2.24, 2.45) is 0 Å². The SMILES string of the molecule is COc1ccc(OC)c(C2CCCN2C(=O)COc2cccc(Cl)c2Cl)c1. The van der Waals surface area contributed by atoms with Crippen LogP contribution in [0, 0.1) is 0 Å². The number of rotatable bonds is 6. The summed E-state index contributed by atoms with van der Waals surface area (Å²) in [6, 6.07) is 10.6. The summed E-state index contributed by atoms with van der Waals surface area (Å²) in [7, 11) is 3.24. The monoisotopic (exact) mass is 409 g/mol. The average molecular weight is 410 g/mol. The van der Waals surface area contributed by atoms with Gasteiger partial charge in [0.1, 0.15) is 22.3 Å². The van der Waals surface area contributed by atoms with Gasteiger partial charge in [0.05, 0.1) is 25.3 Å². The van der Waals surface area contributed by atoms with E-state index in [1.165, 1.54) is 0 Å². The van der Waals surface area contributed by atoms with Gasteiger partial charge in [-0.3, -0.25) is 4.79 Å². The fraction of sp³-hybridized carbons (Fsp3) is 0.350. The minimum absolute atomic E-state index is 0.0824. The van der Waals surface area contributed by atoms with E-state index in [-0.39, 0.29) is 18.6 Å². The van der Waals surface area contributed by atoms with Crippen molar-refractivity contribution in [3.8, 4) is 17.2 Å². The number of carbonyl (C=O) groups is 1. The van der Waals surface area contributed by atoms with Gasteiger partial charge in [-0.25, -0.2) is 0 Å². The Morgan fingerprint density at radius 2 is 1.96 bits per heavy atom. The molecule has 0 saturated carbocycles. The van der Waals surface area contributed by atoms with Crippen LogP contribution in [0.15, 0.2) is 36.4 Å². The Morgan fingerprint density at radius 3 is 2.70 bits per heavy atom. The summed E-state index contributed by atoms with van der Waals surface area (Å²) in [6.07, 6.45) is 1.77.